The van der Waals surface area contributed by atoms with Gasteiger partial charge in [0.25, 0.3) is 0 Å². The van der Waals surface area contributed by atoms with E-state index in [2.05, 4.69) is 25.3 Å². The highest BCUT2D eigenvalue weighted by atomic mass is 19.4. The number of nitriles is 1. The van der Waals surface area contributed by atoms with E-state index in [9.17, 15) is 22.4 Å². The number of aromatic amines is 1. The minimum Gasteiger partial charge on any atom is -0.339 e. The fraction of sp³-hybridized carbons (Fsp3) is 0.0741. The number of benzene rings is 1. The molecule has 5 aromatic rings. The van der Waals surface area contributed by atoms with Crippen LogP contribution in [0.3, 0.4) is 0 Å². The van der Waals surface area contributed by atoms with E-state index in [1.54, 1.807) is 24.3 Å². The van der Waals surface area contributed by atoms with Crippen LogP contribution in [0.4, 0.5) is 27.8 Å². The molecule has 39 heavy (non-hydrogen) atoms. The molecule has 0 saturated carbocycles. The summed E-state index contributed by atoms with van der Waals surface area (Å²) < 4.78 is 68.5. The van der Waals surface area contributed by atoms with Crippen LogP contribution in [0.15, 0.2) is 67.1 Å². The van der Waals surface area contributed by atoms with Gasteiger partial charge in [-0.25, -0.2) is 23.7 Å². The first-order chi connectivity index (χ1) is 18.6. The highest BCUT2D eigenvalue weighted by Gasteiger charge is 2.31. The molecule has 0 atom stereocenters. The lowest BCUT2D eigenvalue weighted by atomic mass is 10.0. The molecule has 0 unspecified atom stereocenters. The first kappa shape index (κ1) is 25.5. The zero-order chi connectivity index (χ0) is 27.7. The maximum absolute atomic E-state index is 15.0. The third-order valence-electron chi connectivity index (χ3n) is 5.81. The van der Waals surface area contributed by atoms with Crippen LogP contribution in [0.1, 0.15) is 16.8 Å². The van der Waals surface area contributed by atoms with Crippen LogP contribution in [0.5, 0.6) is 0 Å². The number of carbonyl (C=O) groups is 1. The number of hydrogen-bond donors (Lipinski definition) is 2. The number of halogens is 5. The average Bonchev–Trinajstić information content (AvgIpc) is 3.34. The zero-order valence-electron chi connectivity index (χ0n) is 19.6. The van der Waals surface area contributed by atoms with Crippen molar-refractivity contribution in [2.24, 2.45) is 0 Å². The van der Waals surface area contributed by atoms with Crippen LogP contribution in [-0.2, 0) is 17.4 Å². The van der Waals surface area contributed by atoms with Crippen LogP contribution in [0.25, 0.3) is 33.4 Å². The zero-order valence-corrected chi connectivity index (χ0v) is 19.6. The number of nitrogens with zero attached hydrogens (tertiary/aromatic N) is 4. The van der Waals surface area contributed by atoms with E-state index in [4.69, 9.17) is 5.26 Å². The minimum atomic E-state index is -4.63. The molecule has 5 rings (SSSR count). The predicted octanol–water partition coefficient (Wildman–Crippen LogP) is 6.04. The van der Waals surface area contributed by atoms with Crippen molar-refractivity contribution in [1.29, 1.82) is 5.26 Å². The van der Waals surface area contributed by atoms with Gasteiger partial charge < -0.3 is 10.3 Å². The van der Waals surface area contributed by atoms with E-state index in [1.807, 2.05) is 6.07 Å². The second-order valence-electron chi connectivity index (χ2n) is 8.46. The Labute approximate surface area is 217 Å². The highest BCUT2D eigenvalue weighted by molar-refractivity contribution is 5.92. The number of alkyl halides is 3. The SMILES string of the molecule is N#Cc1cc(-c2cc3cc(-c4cc(F)c(CC(=O)Nc5cc(C(F)(F)F)ccn5)cc4F)cnc3[nH]2)ccn1. The van der Waals surface area contributed by atoms with Crippen molar-refractivity contribution in [2.75, 3.05) is 5.32 Å². The third-order valence-corrected chi connectivity index (χ3v) is 5.81. The number of fused-ring (bicyclic) bond motifs is 1. The van der Waals surface area contributed by atoms with Crippen LogP contribution in [0.2, 0.25) is 0 Å². The monoisotopic (exact) mass is 534 g/mol. The fourth-order valence-electron chi connectivity index (χ4n) is 3.96. The molecule has 194 valence electrons. The summed E-state index contributed by atoms with van der Waals surface area (Å²) in [6, 6.07) is 11.8. The van der Waals surface area contributed by atoms with Gasteiger partial charge in [-0.15, -0.1) is 0 Å². The molecule has 2 N–H and O–H groups in total. The van der Waals surface area contributed by atoms with Gasteiger partial charge in [0.2, 0.25) is 5.91 Å². The normalized spacial score (nSPS) is 11.4. The number of pyridine rings is 3. The Balaban J connectivity index is 1.37. The standard InChI is InChI=1S/C27H15F5N6O/c28-21-11-20(17-5-16-8-23(37-26(16)36-13-17)14-1-3-34-19(6-14)12-33)22(29)7-15(21)9-25(39)38-24-10-18(2-4-35-24)27(30,31)32/h1-8,10-11,13H,9H2,(H,36,37)(H,35,38,39). The summed E-state index contributed by atoms with van der Waals surface area (Å²) in [4.78, 5) is 27.3. The molecule has 1 amide bonds. The Morgan fingerprint density at radius 3 is 2.51 bits per heavy atom. The predicted molar refractivity (Wildman–Crippen MR) is 131 cm³/mol. The van der Waals surface area contributed by atoms with E-state index in [1.165, 1.54) is 12.4 Å². The van der Waals surface area contributed by atoms with Crippen LogP contribution in [-0.4, -0.2) is 25.8 Å². The lowest BCUT2D eigenvalue weighted by Gasteiger charge is -2.10. The van der Waals surface area contributed by atoms with Gasteiger partial charge in [-0.2, -0.15) is 18.4 Å². The van der Waals surface area contributed by atoms with Gasteiger partial charge in [0.05, 0.1) is 12.0 Å². The molecule has 0 fully saturated rings. The van der Waals surface area contributed by atoms with E-state index in [0.29, 0.717) is 28.4 Å². The Morgan fingerprint density at radius 2 is 1.74 bits per heavy atom. The largest absolute Gasteiger partial charge is 0.416 e. The number of H-pyrrole nitrogens is 1. The molecule has 1 aromatic carbocycles. The Morgan fingerprint density at radius 1 is 0.949 bits per heavy atom. The van der Waals surface area contributed by atoms with E-state index in [0.717, 1.165) is 24.4 Å². The van der Waals surface area contributed by atoms with E-state index >= 15 is 4.39 Å². The first-order valence-electron chi connectivity index (χ1n) is 11.3. The molecular weight excluding hydrogens is 519 g/mol. The lowest BCUT2D eigenvalue weighted by Crippen LogP contribution is -2.17. The summed E-state index contributed by atoms with van der Waals surface area (Å²) in [6.07, 6.45) is -1.52. The molecule has 0 aliphatic heterocycles. The quantitative estimate of drug-likeness (QED) is 0.268. The average molecular weight is 534 g/mol. The van der Waals surface area contributed by atoms with Crippen molar-refractivity contribution in [3.8, 4) is 28.5 Å². The topological polar surface area (TPSA) is 107 Å². The van der Waals surface area contributed by atoms with Crippen LogP contribution >= 0.6 is 0 Å². The lowest BCUT2D eigenvalue weighted by molar-refractivity contribution is -0.137. The number of carbonyl (C=O) groups excluding carboxylic acids is 1. The Bertz CT molecular complexity index is 1770. The van der Waals surface area contributed by atoms with Gasteiger partial charge in [0.15, 0.2) is 0 Å². The van der Waals surface area contributed by atoms with Crippen LogP contribution < -0.4 is 5.32 Å². The summed E-state index contributed by atoms with van der Waals surface area (Å²) in [6.45, 7) is 0. The third kappa shape index (κ3) is 5.42. The minimum absolute atomic E-state index is 0.0935. The number of hydrogen-bond acceptors (Lipinski definition) is 5. The number of anilines is 1. The summed E-state index contributed by atoms with van der Waals surface area (Å²) in [5, 5.41) is 11.8. The van der Waals surface area contributed by atoms with Crippen molar-refractivity contribution in [3.63, 3.8) is 0 Å². The fourth-order valence-corrected chi connectivity index (χ4v) is 3.96. The van der Waals surface area contributed by atoms with Crippen molar-refractivity contribution in [1.82, 2.24) is 19.9 Å². The molecule has 4 heterocycles. The number of rotatable bonds is 5. The maximum Gasteiger partial charge on any atom is 0.416 e. The van der Waals surface area contributed by atoms with Crippen molar-refractivity contribution in [2.45, 2.75) is 12.6 Å². The summed E-state index contributed by atoms with van der Waals surface area (Å²) >= 11 is 0. The number of nitrogens with one attached hydrogen (secondary N) is 2. The molecule has 0 spiro atoms. The van der Waals surface area contributed by atoms with Gasteiger partial charge in [0, 0.05) is 51.9 Å². The number of amides is 1. The first-order valence-corrected chi connectivity index (χ1v) is 11.3. The van der Waals surface area contributed by atoms with Gasteiger partial charge in [-0.1, -0.05) is 0 Å². The molecular formula is C27H15F5N6O. The van der Waals surface area contributed by atoms with Gasteiger partial charge in [-0.05, 0) is 48.5 Å². The highest BCUT2D eigenvalue weighted by Crippen LogP contribution is 2.31. The second-order valence-corrected chi connectivity index (χ2v) is 8.46. The van der Waals surface area contributed by atoms with Crippen LogP contribution in [0, 0.1) is 23.0 Å². The molecule has 0 aliphatic rings. The molecule has 0 bridgehead atoms. The molecule has 7 nitrogen and oxygen atoms in total. The van der Waals surface area contributed by atoms with Gasteiger partial charge in [0.1, 0.15) is 34.9 Å². The summed E-state index contributed by atoms with van der Waals surface area (Å²) in [7, 11) is 0. The van der Waals surface area contributed by atoms with Crippen molar-refractivity contribution < 1.29 is 26.7 Å². The molecule has 0 aliphatic carbocycles. The van der Waals surface area contributed by atoms with E-state index in [-0.39, 0.29) is 28.2 Å². The summed E-state index contributed by atoms with van der Waals surface area (Å²) in [5.41, 5.74) is 0.953. The van der Waals surface area contributed by atoms with E-state index < -0.39 is 35.7 Å². The number of aromatic nitrogens is 4. The second kappa shape index (κ2) is 9.94. The summed E-state index contributed by atoms with van der Waals surface area (Å²) in [5.74, 6) is -2.94. The Kier molecular flexibility index (Phi) is 6.49. The van der Waals surface area contributed by atoms with Crippen molar-refractivity contribution in [3.05, 3.63) is 95.6 Å². The van der Waals surface area contributed by atoms with Crippen molar-refractivity contribution >= 4 is 22.8 Å². The molecule has 4 aromatic heterocycles. The molecule has 12 heteroatoms. The van der Waals surface area contributed by atoms with Gasteiger partial charge >= 0.3 is 6.18 Å². The smallest absolute Gasteiger partial charge is 0.339 e. The molecule has 0 radical (unpaired) electrons. The van der Waals surface area contributed by atoms with Gasteiger partial charge in [-0.3, -0.25) is 4.79 Å². The molecule has 0 saturated heterocycles. The Hall–Kier alpha value is -5.18. The maximum atomic E-state index is 15.0.